The predicted molar refractivity (Wildman–Crippen MR) is 111 cm³/mol. The quantitative estimate of drug-likeness (QED) is 0.620. The number of aromatic amines is 1. The number of nitrogens with one attached hydrogen (secondary N) is 1. The van der Waals surface area contributed by atoms with Gasteiger partial charge >= 0.3 is 0 Å². The highest BCUT2D eigenvalue weighted by atomic mass is 35.5. The van der Waals surface area contributed by atoms with E-state index < -0.39 is 0 Å². The number of imidazole rings is 1. The Morgan fingerprint density at radius 3 is 2.63 bits per heavy atom. The van der Waals surface area contributed by atoms with Crippen LogP contribution in [-0.2, 0) is 4.79 Å². The van der Waals surface area contributed by atoms with Crippen LogP contribution < -0.4 is 0 Å². The highest BCUT2D eigenvalue weighted by molar-refractivity contribution is 8.00. The Morgan fingerprint density at radius 1 is 1.19 bits per heavy atom. The number of hydrogen-bond donors (Lipinski definition) is 1. The van der Waals surface area contributed by atoms with Gasteiger partial charge in [0.15, 0.2) is 0 Å². The molecule has 140 valence electrons. The molecule has 1 saturated heterocycles. The van der Waals surface area contributed by atoms with Crippen molar-refractivity contribution in [3.8, 4) is 0 Å². The number of rotatable bonds is 4. The van der Waals surface area contributed by atoms with Crippen LogP contribution in [0.25, 0.3) is 11.0 Å². The molecule has 4 nitrogen and oxygen atoms in total. The molecule has 1 aromatic heterocycles. The molecule has 4 rings (SSSR count). The fraction of sp³-hybridized carbons (Fsp3) is 0.333. The molecule has 1 aliphatic heterocycles. The molecule has 27 heavy (non-hydrogen) atoms. The summed E-state index contributed by atoms with van der Waals surface area (Å²) in [6.07, 6.45) is 1.88. The first-order valence-electron chi connectivity index (χ1n) is 9.26. The average molecular weight is 400 g/mol. The molecule has 0 spiro atoms. The topological polar surface area (TPSA) is 49.0 Å². The number of aromatic nitrogens is 2. The Morgan fingerprint density at radius 2 is 1.89 bits per heavy atom. The van der Waals surface area contributed by atoms with E-state index in [0.29, 0.717) is 10.9 Å². The van der Waals surface area contributed by atoms with Crippen LogP contribution in [0.3, 0.4) is 0 Å². The third kappa shape index (κ3) is 3.99. The van der Waals surface area contributed by atoms with Gasteiger partial charge in [0.1, 0.15) is 5.82 Å². The zero-order valence-electron chi connectivity index (χ0n) is 15.2. The van der Waals surface area contributed by atoms with E-state index in [1.165, 1.54) is 11.8 Å². The van der Waals surface area contributed by atoms with Crippen molar-refractivity contribution in [2.45, 2.75) is 35.8 Å². The lowest BCUT2D eigenvalue weighted by Gasteiger charge is -2.32. The van der Waals surface area contributed by atoms with Gasteiger partial charge in [-0.15, -0.1) is 11.8 Å². The number of piperidine rings is 1. The van der Waals surface area contributed by atoms with E-state index in [4.69, 9.17) is 16.6 Å². The monoisotopic (exact) mass is 399 g/mol. The first kappa shape index (κ1) is 18.4. The lowest BCUT2D eigenvalue weighted by molar-refractivity contribution is -0.131. The SMILES string of the molecule is CC(Sc1ccccc1Cl)C(=O)N1CCC(c2nc3ccccc3[nH]2)CC1. The molecule has 1 amide bonds. The van der Waals surface area contributed by atoms with Crippen molar-refractivity contribution in [2.75, 3.05) is 13.1 Å². The second-order valence-corrected chi connectivity index (χ2v) is 8.72. The normalized spacial score (nSPS) is 16.6. The molecule has 0 radical (unpaired) electrons. The standard InChI is InChI=1S/C21H22ClN3OS/c1-14(27-19-9-5-2-6-16(19)22)21(26)25-12-10-15(11-13-25)20-23-17-7-3-4-8-18(17)24-20/h2-9,14-15H,10-13H2,1H3,(H,23,24). The Kier molecular flexibility index (Phi) is 5.41. The number of fused-ring (bicyclic) bond motifs is 1. The Balaban J connectivity index is 1.36. The number of benzene rings is 2. The van der Waals surface area contributed by atoms with Crippen molar-refractivity contribution in [3.05, 3.63) is 59.4 Å². The van der Waals surface area contributed by atoms with Crippen LogP contribution in [0.15, 0.2) is 53.4 Å². The molecular weight excluding hydrogens is 378 g/mol. The summed E-state index contributed by atoms with van der Waals surface area (Å²) in [5.41, 5.74) is 2.09. The summed E-state index contributed by atoms with van der Waals surface area (Å²) in [5, 5.41) is 0.554. The van der Waals surface area contributed by atoms with Crippen LogP contribution in [0.2, 0.25) is 5.02 Å². The molecular formula is C21H22ClN3OS. The summed E-state index contributed by atoms with van der Waals surface area (Å²) >= 11 is 7.75. The van der Waals surface area contributed by atoms with Crippen molar-refractivity contribution in [3.63, 3.8) is 0 Å². The minimum atomic E-state index is -0.146. The molecule has 1 aliphatic rings. The maximum Gasteiger partial charge on any atom is 0.235 e. The molecule has 0 saturated carbocycles. The largest absolute Gasteiger partial charge is 0.342 e. The van der Waals surface area contributed by atoms with Gasteiger partial charge in [-0.25, -0.2) is 4.98 Å². The zero-order valence-corrected chi connectivity index (χ0v) is 16.8. The number of carbonyl (C=O) groups is 1. The summed E-state index contributed by atoms with van der Waals surface area (Å²) < 4.78 is 0. The van der Waals surface area contributed by atoms with E-state index >= 15 is 0 Å². The number of likely N-dealkylation sites (tertiary alicyclic amines) is 1. The van der Waals surface area contributed by atoms with Gasteiger partial charge in [0.05, 0.1) is 21.3 Å². The van der Waals surface area contributed by atoms with Crippen molar-refractivity contribution in [2.24, 2.45) is 0 Å². The lowest BCUT2D eigenvalue weighted by atomic mass is 9.96. The second-order valence-electron chi connectivity index (χ2n) is 6.93. The maximum absolute atomic E-state index is 12.8. The first-order valence-corrected chi connectivity index (χ1v) is 10.5. The molecule has 3 aromatic rings. The summed E-state index contributed by atoms with van der Waals surface area (Å²) in [7, 11) is 0. The molecule has 6 heteroatoms. The highest BCUT2D eigenvalue weighted by Gasteiger charge is 2.28. The summed E-state index contributed by atoms with van der Waals surface area (Å²) in [6, 6.07) is 15.8. The van der Waals surface area contributed by atoms with Gasteiger partial charge in [0.2, 0.25) is 5.91 Å². The fourth-order valence-corrected chi connectivity index (χ4v) is 4.82. The van der Waals surface area contributed by atoms with Crippen LogP contribution in [0, 0.1) is 0 Å². The first-order chi connectivity index (χ1) is 13.1. The van der Waals surface area contributed by atoms with Crippen LogP contribution in [-0.4, -0.2) is 39.1 Å². The number of H-pyrrole nitrogens is 1. The molecule has 2 aromatic carbocycles. The van der Waals surface area contributed by atoms with E-state index in [0.717, 1.165) is 47.7 Å². The van der Waals surface area contributed by atoms with Crippen molar-refractivity contribution in [1.29, 1.82) is 0 Å². The van der Waals surface area contributed by atoms with E-state index in [2.05, 4.69) is 11.1 Å². The maximum atomic E-state index is 12.8. The predicted octanol–water partition coefficient (Wildman–Crippen LogP) is 5.10. The summed E-state index contributed by atoms with van der Waals surface area (Å²) in [4.78, 5) is 23.9. The Labute approximate surface area is 168 Å². The molecule has 1 atom stereocenters. The zero-order chi connectivity index (χ0) is 18.8. The number of carbonyl (C=O) groups excluding carboxylic acids is 1. The van der Waals surface area contributed by atoms with E-state index in [1.54, 1.807) is 0 Å². The van der Waals surface area contributed by atoms with Gasteiger partial charge in [0, 0.05) is 23.9 Å². The smallest absolute Gasteiger partial charge is 0.235 e. The van der Waals surface area contributed by atoms with Crippen molar-refractivity contribution >= 4 is 40.3 Å². The highest BCUT2D eigenvalue weighted by Crippen LogP contribution is 2.32. The Bertz CT molecular complexity index is 916. The van der Waals surface area contributed by atoms with E-state index in [1.807, 2.05) is 54.3 Å². The number of thioether (sulfide) groups is 1. The van der Waals surface area contributed by atoms with Crippen LogP contribution in [0.1, 0.15) is 31.5 Å². The molecule has 1 fully saturated rings. The number of amides is 1. The molecule has 1 N–H and O–H groups in total. The van der Waals surface area contributed by atoms with Gasteiger partial charge in [0.25, 0.3) is 0 Å². The van der Waals surface area contributed by atoms with Gasteiger partial charge in [-0.3, -0.25) is 4.79 Å². The van der Waals surface area contributed by atoms with E-state index in [9.17, 15) is 4.79 Å². The third-order valence-corrected chi connectivity index (χ3v) is 6.70. The van der Waals surface area contributed by atoms with Crippen LogP contribution in [0.5, 0.6) is 0 Å². The molecule has 0 aliphatic carbocycles. The number of hydrogen-bond acceptors (Lipinski definition) is 3. The Hall–Kier alpha value is -1.98. The molecule has 1 unspecified atom stereocenters. The second kappa shape index (κ2) is 7.95. The van der Waals surface area contributed by atoms with Gasteiger partial charge in [-0.1, -0.05) is 35.9 Å². The van der Waals surface area contributed by atoms with Crippen molar-refractivity contribution in [1.82, 2.24) is 14.9 Å². The number of nitrogens with zero attached hydrogens (tertiary/aromatic N) is 2. The minimum Gasteiger partial charge on any atom is -0.342 e. The third-order valence-electron chi connectivity index (χ3n) is 5.09. The minimum absolute atomic E-state index is 0.146. The summed E-state index contributed by atoms with van der Waals surface area (Å²) in [6.45, 7) is 3.50. The average Bonchev–Trinajstić information content (AvgIpc) is 3.13. The number of halogens is 1. The van der Waals surface area contributed by atoms with Crippen LogP contribution >= 0.6 is 23.4 Å². The molecule has 0 bridgehead atoms. The van der Waals surface area contributed by atoms with Crippen molar-refractivity contribution < 1.29 is 4.79 Å². The summed E-state index contributed by atoms with van der Waals surface area (Å²) in [5.74, 6) is 1.61. The fourth-order valence-electron chi connectivity index (χ4n) is 3.58. The van der Waals surface area contributed by atoms with Gasteiger partial charge < -0.3 is 9.88 Å². The van der Waals surface area contributed by atoms with E-state index in [-0.39, 0.29) is 11.2 Å². The van der Waals surface area contributed by atoms with Gasteiger partial charge in [-0.05, 0) is 44.0 Å². The molecule has 2 heterocycles. The van der Waals surface area contributed by atoms with Crippen LogP contribution in [0.4, 0.5) is 0 Å². The van der Waals surface area contributed by atoms with Gasteiger partial charge in [-0.2, -0.15) is 0 Å². The number of para-hydroxylation sites is 2. The lowest BCUT2D eigenvalue weighted by Crippen LogP contribution is -2.41.